The van der Waals surface area contributed by atoms with Gasteiger partial charge in [-0.3, -0.25) is 4.57 Å². The van der Waals surface area contributed by atoms with Gasteiger partial charge in [0.15, 0.2) is 5.16 Å². The molecule has 0 aliphatic carbocycles. The summed E-state index contributed by atoms with van der Waals surface area (Å²) in [6.07, 6.45) is 0.910. The number of benzene rings is 1. The molecular formula is C15H22N4OS. The number of aryl methyl sites for hydroxylation is 1. The minimum atomic E-state index is -0.138. The second-order valence-corrected chi connectivity index (χ2v) is 5.95. The highest BCUT2D eigenvalue weighted by Gasteiger charge is 2.11. The summed E-state index contributed by atoms with van der Waals surface area (Å²) in [7, 11) is 0. The molecule has 0 bridgehead atoms. The van der Waals surface area contributed by atoms with Gasteiger partial charge in [-0.2, -0.15) is 0 Å². The van der Waals surface area contributed by atoms with Crippen LogP contribution >= 0.6 is 11.8 Å². The number of nitrogens with one attached hydrogen (secondary N) is 2. The van der Waals surface area contributed by atoms with Gasteiger partial charge in [-0.15, -0.1) is 5.10 Å². The van der Waals surface area contributed by atoms with E-state index in [0.717, 1.165) is 29.6 Å². The zero-order valence-corrected chi connectivity index (χ0v) is 13.6. The summed E-state index contributed by atoms with van der Waals surface area (Å²) in [5, 5.41) is 10.7. The van der Waals surface area contributed by atoms with Crippen LogP contribution in [0.15, 0.2) is 33.0 Å². The fourth-order valence-electron chi connectivity index (χ4n) is 2.11. The van der Waals surface area contributed by atoms with E-state index in [1.54, 1.807) is 4.57 Å². The first kappa shape index (κ1) is 15.9. The first-order chi connectivity index (χ1) is 10.2. The van der Waals surface area contributed by atoms with Gasteiger partial charge in [-0.05, 0) is 48.8 Å². The lowest BCUT2D eigenvalue weighted by Crippen LogP contribution is -2.17. The smallest absolute Gasteiger partial charge is 0.313 e. The standard InChI is InChI=1S/C15H22N4OS/c1-4-8-19-14(20)17-18-15(19)21-13-7-6-12(9-11(13)3)10-16-5-2/h6-7,9,16H,4-5,8,10H2,1-3H3,(H,17,20). The molecule has 0 radical (unpaired) electrons. The van der Waals surface area contributed by atoms with Crippen LogP contribution < -0.4 is 11.0 Å². The zero-order valence-electron chi connectivity index (χ0n) is 12.8. The Hall–Kier alpha value is -1.53. The van der Waals surface area contributed by atoms with Crippen molar-refractivity contribution in [3.05, 3.63) is 39.8 Å². The van der Waals surface area contributed by atoms with Crippen molar-refractivity contribution < 1.29 is 0 Å². The summed E-state index contributed by atoms with van der Waals surface area (Å²) >= 11 is 1.53. The van der Waals surface area contributed by atoms with Gasteiger partial charge in [0.25, 0.3) is 0 Å². The Labute approximate surface area is 129 Å². The maximum Gasteiger partial charge on any atom is 0.343 e. The Balaban J connectivity index is 2.18. The number of rotatable bonds is 7. The summed E-state index contributed by atoms with van der Waals surface area (Å²) in [5.74, 6) is 0. The molecule has 0 aliphatic heterocycles. The maximum absolute atomic E-state index is 11.7. The van der Waals surface area contributed by atoms with Crippen LogP contribution in [-0.4, -0.2) is 21.3 Å². The minimum Gasteiger partial charge on any atom is -0.313 e. The molecule has 0 aliphatic rings. The predicted molar refractivity (Wildman–Crippen MR) is 85.8 cm³/mol. The van der Waals surface area contributed by atoms with Crippen molar-refractivity contribution in [3.8, 4) is 0 Å². The van der Waals surface area contributed by atoms with Gasteiger partial charge in [-0.1, -0.05) is 26.0 Å². The highest BCUT2D eigenvalue weighted by atomic mass is 32.2. The summed E-state index contributed by atoms with van der Waals surface area (Å²) in [6.45, 7) is 8.77. The Morgan fingerprint density at radius 3 is 2.86 bits per heavy atom. The molecule has 0 saturated carbocycles. The SMILES string of the molecule is CCCn1c(Sc2ccc(CNCC)cc2C)n[nH]c1=O. The van der Waals surface area contributed by atoms with Crippen molar-refractivity contribution in [2.45, 2.75) is 50.3 Å². The van der Waals surface area contributed by atoms with Gasteiger partial charge in [-0.25, -0.2) is 9.89 Å². The number of aromatic amines is 1. The van der Waals surface area contributed by atoms with Crippen LogP contribution in [-0.2, 0) is 13.1 Å². The Morgan fingerprint density at radius 1 is 1.38 bits per heavy atom. The molecule has 2 aromatic rings. The molecule has 0 amide bonds. The van der Waals surface area contributed by atoms with Crippen molar-refractivity contribution in [1.82, 2.24) is 20.1 Å². The third kappa shape index (κ3) is 3.98. The molecule has 1 aromatic carbocycles. The van der Waals surface area contributed by atoms with Crippen molar-refractivity contribution >= 4 is 11.8 Å². The van der Waals surface area contributed by atoms with E-state index >= 15 is 0 Å². The van der Waals surface area contributed by atoms with Crippen molar-refractivity contribution in [2.24, 2.45) is 0 Å². The maximum atomic E-state index is 11.7. The number of H-pyrrole nitrogens is 1. The normalized spacial score (nSPS) is 11.0. The van der Waals surface area contributed by atoms with Crippen LogP contribution in [0.3, 0.4) is 0 Å². The fraction of sp³-hybridized carbons (Fsp3) is 0.467. The van der Waals surface area contributed by atoms with E-state index in [4.69, 9.17) is 0 Å². The summed E-state index contributed by atoms with van der Waals surface area (Å²) in [6, 6.07) is 6.40. The number of nitrogens with zero attached hydrogens (tertiary/aromatic N) is 2. The van der Waals surface area contributed by atoms with Crippen LogP contribution in [0.25, 0.3) is 0 Å². The summed E-state index contributed by atoms with van der Waals surface area (Å²) < 4.78 is 1.69. The third-order valence-corrected chi connectivity index (χ3v) is 4.36. The van der Waals surface area contributed by atoms with Gasteiger partial charge < -0.3 is 5.32 Å². The van der Waals surface area contributed by atoms with Crippen LogP contribution in [0.2, 0.25) is 0 Å². The van der Waals surface area contributed by atoms with Gasteiger partial charge in [0, 0.05) is 18.0 Å². The van der Waals surface area contributed by atoms with Crippen LogP contribution in [0.1, 0.15) is 31.4 Å². The number of hydrogen-bond acceptors (Lipinski definition) is 4. The quantitative estimate of drug-likeness (QED) is 0.825. The lowest BCUT2D eigenvalue weighted by Gasteiger charge is -2.09. The molecule has 2 N–H and O–H groups in total. The molecular weight excluding hydrogens is 284 g/mol. The first-order valence-electron chi connectivity index (χ1n) is 7.29. The van der Waals surface area contributed by atoms with Crippen LogP contribution in [0.4, 0.5) is 0 Å². The van der Waals surface area contributed by atoms with Gasteiger partial charge in [0.2, 0.25) is 0 Å². The fourth-order valence-corrected chi connectivity index (χ4v) is 3.03. The van der Waals surface area contributed by atoms with Crippen molar-refractivity contribution in [2.75, 3.05) is 6.54 Å². The van der Waals surface area contributed by atoms with Crippen LogP contribution in [0.5, 0.6) is 0 Å². The highest BCUT2D eigenvalue weighted by Crippen LogP contribution is 2.28. The Bertz CT molecular complexity index is 647. The molecule has 2 rings (SSSR count). The van der Waals surface area contributed by atoms with E-state index in [0.29, 0.717) is 6.54 Å². The molecule has 6 heteroatoms. The largest absolute Gasteiger partial charge is 0.343 e. The average molecular weight is 306 g/mol. The van der Waals surface area contributed by atoms with Gasteiger partial charge in [0.05, 0.1) is 0 Å². The predicted octanol–water partition coefficient (Wildman–Crippen LogP) is 2.55. The van der Waals surface area contributed by atoms with E-state index in [9.17, 15) is 4.79 Å². The highest BCUT2D eigenvalue weighted by molar-refractivity contribution is 7.99. The topological polar surface area (TPSA) is 62.7 Å². The molecule has 1 aromatic heterocycles. The lowest BCUT2D eigenvalue weighted by molar-refractivity contribution is 0.604. The monoisotopic (exact) mass is 306 g/mol. The Morgan fingerprint density at radius 2 is 2.19 bits per heavy atom. The van der Waals surface area contributed by atoms with Crippen molar-refractivity contribution in [3.63, 3.8) is 0 Å². The number of aromatic nitrogens is 3. The van der Waals surface area contributed by atoms with Gasteiger partial charge >= 0.3 is 5.69 Å². The van der Waals surface area contributed by atoms with E-state index in [1.165, 1.54) is 22.9 Å². The minimum absolute atomic E-state index is 0.138. The van der Waals surface area contributed by atoms with E-state index in [2.05, 4.69) is 54.5 Å². The summed E-state index contributed by atoms with van der Waals surface area (Å²) in [4.78, 5) is 12.8. The lowest BCUT2D eigenvalue weighted by atomic mass is 10.1. The molecule has 5 nitrogen and oxygen atoms in total. The average Bonchev–Trinajstić information content (AvgIpc) is 2.81. The Kier molecular flexibility index (Phi) is 5.64. The molecule has 0 atom stereocenters. The van der Waals surface area contributed by atoms with E-state index in [-0.39, 0.29) is 5.69 Å². The number of hydrogen-bond donors (Lipinski definition) is 2. The first-order valence-corrected chi connectivity index (χ1v) is 8.10. The summed E-state index contributed by atoms with van der Waals surface area (Å²) in [5.41, 5.74) is 2.33. The molecule has 0 saturated heterocycles. The van der Waals surface area contributed by atoms with Crippen molar-refractivity contribution in [1.29, 1.82) is 0 Å². The molecule has 1 heterocycles. The van der Waals surface area contributed by atoms with E-state index < -0.39 is 0 Å². The van der Waals surface area contributed by atoms with Crippen LogP contribution in [0, 0.1) is 6.92 Å². The molecule has 0 unspecified atom stereocenters. The molecule has 114 valence electrons. The third-order valence-electron chi connectivity index (χ3n) is 3.19. The second-order valence-electron chi connectivity index (χ2n) is 4.95. The molecule has 0 spiro atoms. The van der Waals surface area contributed by atoms with E-state index in [1.807, 2.05) is 0 Å². The second kappa shape index (κ2) is 7.47. The molecule has 0 fully saturated rings. The zero-order chi connectivity index (χ0) is 15.2. The molecule has 21 heavy (non-hydrogen) atoms. The van der Waals surface area contributed by atoms with Gasteiger partial charge in [0.1, 0.15) is 0 Å².